The van der Waals surface area contributed by atoms with Gasteiger partial charge in [0.15, 0.2) is 0 Å². The summed E-state index contributed by atoms with van der Waals surface area (Å²) in [6.07, 6.45) is 65.5. The molecular formula is C51H90O4. The Balaban J connectivity index is 3.45. The number of aliphatic hydroxyl groups excluding tert-OH is 1. The number of unbranched alkanes of at least 4 members (excludes halogenated alkanes) is 23. The van der Waals surface area contributed by atoms with Crippen molar-refractivity contribution in [2.75, 3.05) is 19.8 Å². The van der Waals surface area contributed by atoms with Crippen LogP contribution in [0.2, 0.25) is 0 Å². The predicted octanol–water partition coefficient (Wildman–Crippen LogP) is 15.8. The predicted molar refractivity (Wildman–Crippen MR) is 242 cm³/mol. The molecule has 0 aliphatic rings. The van der Waals surface area contributed by atoms with E-state index in [0.29, 0.717) is 13.0 Å². The molecule has 0 aliphatic heterocycles. The Bertz CT molecular complexity index is 942. The zero-order chi connectivity index (χ0) is 39.8. The molecule has 0 aromatic heterocycles. The first-order valence-corrected chi connectivity index (χ1v) is 23.5. The van der Waals surface area contributed by atoms with Crippen LogP contribution in [0.25, 0.3) is 0 Å². The summed E-state index contributed by atoms with van der Waals surface area (Å²) in [5, 5.41) is 9.62. The number of hydrogen-bond donors (Lipinski definition) is 1. The first-order chi connectivity index (χ1) is 27.2. The number of carbonyl (C=O) groups is 1. The van der Waals surface area contributed by atoms with Crippen molar-refractivity contribution < 1.29 is 19.4 Å². The molecule has 4 heteroatoms. The van der Waals surface area contributed by atoms with Crippen molar-refractivity contribution in [1.82, 2.24) is 0 Å². The lowest BCUT2D eigenvalue weighted by Gasteiger charge is -2.15. The molecule has 0 saturated heterocycles. The lowest BCUT2D eigenvalue weighted by molar-refractivity contribution is -0.154. The van der Waals surface area contributed by atoms with Crippen LogP contribution < -0.4 is 0 Å². The summed E-state index contributed by atoms with van der Waals surface area (Å²) in [5.41, 5.74) is 0. The second-order valence-corrected chi connectivity index (χ2v) is 15.4. The summed E-state index contributed by atoms with van der Waals surface area (Å²) in [7, 11) is 0. The van der Waals surface area contributed by atoms with Gasteiger partial charge in [-0.15, -0.1) is 0 Å². The monoisotopic (exact) mass is 767 g/mol. The van der Waals surface area contributed by atoms with Gasteiger partial charge in [0.05, 0.1) is 13.2 Å². The van der Waals surface area contributed by atoms with Crippen molar-refractivity contribution in [2.45, 2.75) is 225 Å². The average Bonchev–Trinajstić information content (AvgIpc) is 3.19. The van der Waals surface area contributed by atoms with Crippen molar-refractivity contribution in [3.63, 3.8) is 0 Å². The highest BCUT2D eigenvalue weighted by molar-refractivity contribution is 5.69. The molecule has 0 rings (SSSR count). The van der Waals surface area contributed by atoms with E-state index in [9.17, 15) is 9.90 Å². The van der Waals surface area contributed by atoms with Crippen LogP contribution in [0.15, 0.2) is 72.9 Å². The van der Waals surface area contributed by atoms with Gasteiger partial charge in [0.1, 0.15) is 6.10 Å². The highest BCUT2D eigenvalue weighted by atomic mass is 16.6. The van der Waals surface area contributed by atoms with Gasteiger partial charge in [0, 0.05) is 13.0 Å². The summed E-state index contributed by atoms with van der Waals surface area (Å²) in [5.74, 6) is -0.209. The SMILES string of the molecule is CC/C=C\C/C=C\C/C=C\C/C=C\CCCCCCCOCC(CO)OC(=O)CCCCCCCCCCCCCCC/C=C\C/C=C\CCCCCCC. The molecule has 0 fully saturated rings. The highest BCUT2D eigenvalue weighted by Crippen LogP contribution is 2.14. The van der Waals surface area contributed by atoms with Crippen LogP contribution in [0.4, 0.5) is 0 Å². The summed E-state index contributed by atoms with van der Waals surface area (Å²) in [6.45, 7) is 5.19. The Morgan fingerprint density at radius 1 is 0.455 bits per heavy atom. The van der Waals surface area contributed by atoms with Gasteiger partial charge in [0.2, 0.25) is 0 Å². The van der Waals surface area contributed by atoms with Crippen molar-refractivity contribution in [3.05, 3.63) is 72.9 Å². The van der Waals surface area contributed by atoms with Crippen molar-refractivity contribution in [2.24, 2.45) is 0 Å². The van der Waals surface area contributed by atoms with Gasteiger partial charge in [-0.25, -0.2) is 0 Å². The third-order valence-electron chi connectivity index (χ3n) is 10.0. The third-order valence-corrected chi connectivity index (χ3v) is 10.0. The van der Waals surface area contributed by atoms with Crippen molar-refractivity contribution in [3.8, 4) is 0 Å². The van der Waals surface area contributed by atoms with E-state index in [1.165, 1.54) is 135 Å². The fraction of sp³-hybridized carbons (Fsp3) is 0.745. The molecule has 0 aromatic rings. The van der Waals surface area contributed by atoms with Crippen LogP contribution in [0.1, 0.15) is 219 Å². The molecule has 0 aromatic carbocycles. The van der Waals surface area contributed by atoms with E-state index in [0.717, 1.165) is 64.2 Å². The van der Waals surface area contributed by atoms with Crippen LogP contribution in [-0.2, 0) is 14.3 Å². The molecule has 4 nitrogen and oxygen atoms in total. The zero-order valence-electron chi connectivity index (χ0n) is 36.4. The van der Waals surface area contributed by atoms with E-state index < -0.39 is 6.10 Å². The number of carbonyl (C=O) groups excluding carboxylic acids is 1. The van der Waals surface area contributed by atoms with E-state index in [-0.39, 0.29) is 19.2 Å². The molecule has 0 bridgehead atoms. The Kier molecular flexibility index (Phi) is 46.1. The molecule has 1 atom stereocenters. The van der Waals surface area contributed by atoms with Gasteiger partial charge in [-0.2, -0.15) is 0 Å². The largest absolute Gasteiger partial charge is 0.457 e. The number of ether oxygens (including phenoxy) is 2. The third kappa shape index (κ3) is 46.1. The maximum absolute atomic E-state index is 12.2. The molecule has 1 unspecified atom stereocenters. The van der Waals surface area contributed by atoms with Crippen LogP contribution >= 0.6 is 0 Å². The lowest BCUT2D eigenvalue weighted by Crippen LogP contribution is -2.27. The van der Waals surface area contributed by atoms with E-state index in [2.05, 4.69) is 86.8 Å². The maximum Gasteiger partial charge on any atom is 0.306 e. The lowest BCUT2D eigenvalue weighted by atomic mass is 10.0. The van der Waals surface area contributed by atoms with Crippen LogP contribution in [0, 0.1) is 0 Å². The van der Waals surface area contributed by atoms with E-state index in [1.54, 1.807) is 0 Å². The minimum absolute atomic E-state index is 0.182. The molecule has 0 aliphatic carbocycles. The smallest absolute Gasteiger partial charge is 0.306 e. The second-order valence-electron chi connectivity index (χ2n) is 15.4. The summed E-state index contributed by atoms with van der Waals surface area (Å²) in [4.78, 5) is 12.2. The van der Waals surface area contributed by atoms with Gasteiger partial charge in [-0.1, -0.05) is 202 Å². The molecule has 1 N–H and O–H groups in total. The first-order valence-electron chi connectivity index (χ1n) is 23.5. The quantitative estimate of drug-likeness (QED) is 0.0381. The van der Waals surface area contributed by atoms with Crippen LogP contribution in [-0.4, -0.2) is 37.0 Å². The highest BCUT2D eigenvalue weighted by Gasteiger charge is 2.13. The minimum Gasteiger partial charge on any atom is -0.457 e. The minimum atomic E-state index is -0.548. The number of rotatable bonds is 43. The Morgan fingerprint density at radius 3 is 1.24 bits per heavy atom. The van der Waals surface area contributed by atoms with Crippen LogP contribution in [0.5, 0.6) is 0 Å². The summed E-state index contributed by atoms with van der Waals surface area (Å²) in [6, 6.07) is 0. The van der Waals surface area contributed by atoms with Crippen LogP contribution in [0.3, 0.4) is 0 Å². The normalized spacial score (nSPS) is 13.0. The standard InChI is InChI=1S/C51H90O4/c1-3-5-7-9-11-13-15-17-19-21-23-24-25-26-27-28-29-30-32-34-36-38-40-42-44-46-51(53)55-50(48-52)49-54-47-45-43-41-39-37-35-33-31-22-20-18-16-14-12-10-8-6-4-2/h6,8,12,14-15,17-18,20-21,23,31,33,50,52H,3-5,7,9-11,13,16,19,22,24-30,32,34-49H2,1-2H3/b8-6-,14-12-,17-15-,20-18-,23-21-,33-31-. The number of esters is 1. The van der Waals surface area contributed by atoms with Crippen molar-refractivity contribution in [1.29, 1.82) is 0 Å². The average molecular weight is 767 g/mol. The molecule has 318 valence electrons. The van der Waals surface area contributed by atoms with Gasteiger partial charge >= 0.3 is 5.97 Å². The van der Waals surface area contributed by atoms with Gasteiger partial charge in [-0.05, 0) is 83.5 Å². The fourth-order valence-electron chi connectivity index (χ4n) is 6.53. The maximum atomic E-state index is 12.2. The molecule has 0 spiro atoms. The Hall–Kier alpha value is -2.17. The molecular weight excluding hydrogens is 677 g/mol. The second kappa shape index (κ2) is 48.0. The first kappa shape index (κ1) is 52.8. The molecule has 0 saturated carbocycles. The van der Waals surface area contributed by atoms with E-state index in [4.69, 9.17) is 9.47 Å². The summed E-state index contributed by atoms with van der Waals surface area (Å²) < 4.78 is 11.2. The molecule has 0 amide bonds. The molecule has 55 heavy (non-hydrogen) atoms. The van der Waals surface area contributed by atoms with E-state index in [1.807, 2.05) is 0 Å². The zero-order valence-corrected chi connectivity index (χ0v) is 36.4. The summed E-state index contributed by atoms with van der Waals surface area (Å²) >= 11 is 0. The number of aliphatic hydroxyl groups is 1. The van der Waals surface area contributed by atoms with Gasteiger partial charge in [-0.3, -0.25) is 4.79 Å². The van der Waals surface area contributed by atoms with Crippen molar-refractivity contribution >= 4 is 5.97 Å². The number of hydrogen-bond acceptors (Lipinski definition) is 4. The molecule has 0 radical (unpaired) electrons. The fourth-order valence-corrected chi connectivity index (χ4v) is 6.53. The Morgan fingerprint density at radius 2 is 0.818 bits per heavy atom. The molecule has 0 heterocycles. The van der Waals surface area contributed by atoms with Gasteiger partial charge in [0.25, 0.3) is 0 Å². The number of allylic oxidation sites excluding steroid dienone is 12. The van der Waals surface area contributed by atoms with E-state index >= 15 is 0 Å². The van der Waals surface area contributed by atoms with Gasteiger partial charge < -0.3 is 14.6 Å². The Labute approximate surface area is 342 Å². The topological polar surface area (TPSA) is 55.8 Å².